The number of rotatable bonds is 5. The predicted molar refractivity (Wildman–Crippen MR) is 67.4 cm³/mol. The highest BCUT2D eigenvalue weighted by molar-refractivity contribution is 5.68. The van der Waals surface area contributed by atoms with Crippen LogP contribution in [0.2, 0.25) is 0 Å². The number of phenols is 1. The Hall–Kier alpha value is -1.92. The van der Waals surface area contributed by atoms with Gasteiger partial charge in [-0.05, 0) is 42.4 Å². The van der Waals surface area contributed by atoms with Crippen LogP contribution in [0.15, 0.2) is 12.1 Å². The van der Waals surface area contributed by atoms with Gasteiger partial charge in [0.2, 0.25) is 0 Å². The van der Waals surface area contributed by atoms with Crippen LogP contribution in [0.4, 0.5) is 13.2 Å². The molecule has 21 heavy (non-hydrogen) atoms. The van der Waals surface area contributed by atoms with E-state index in [1.54, 1.807) is 0 Å². The first-order valence-electron chi connectivity index (χ1n) is 6.44. The first kappa shape index (κ1) is 15.5. The molecule has 1 aromatic rings. The van der Waals surface area contributed by atoms with Crippen molar-refractivity contribution in [1.82, 2.24) is 0 Å². The van der Waals surface area contributed by atoms with Crippen LogP contribution in [0.1, 0.15) is 36.3 Å². The van der Waals surface area contributed by atoms with Crippen molar-refractivity contribution in [2.24, 2.45) is 5.92 Å². The SMILES string of the molecule is COc1cc(C(CC(=O)O)C2CC2)cc(C(F)(F)F)c1O. The van der Waals surface area contributed by atoms with Crippen molar-refractivity contribution >= 4 is 5.97 Å². The lowest BCUT2D eigenvalue weighted by Crippen LogP contribution is -2.12. The third-order valence-corrected chi connectivity index (χ3v) is 3.64. The summed E-state index contributed by atoms with van der Waals surface area (Å²) >= 11 is 0. The quantitative estimate of drug-likeness (QED) is 0.875. The fraction of sp³-hybridized carbons (Fsp3) is 0.500. The molecule has 2 rings (SSSR count). The molecule has 7 heteroatoms. The van der Waals surface area contributed by atoms with E-state index in [2.05, 4.69) is 0 Å². The third-order valence-electron chi connectivity index (χ3n) is 3.64. The molecule has 1 fully saturated rings. The van der Waals surface area contributed by atoms with Crippen LogP contribution in [0, 0.1) is 5.92 Å². The highest BCUT2D eigenvalue weighted by Gasteiger charge is 2.39. The van der Waals surface area contributed by atoms with Crippen molar-refractivity contribution in [3.8, 4) is 11.5 Å². The van der Waals surface area contributed by atoms with E-state index in [9.17, 15) is 23.1 Å². The average molecular weight is 304 g/mol. The average Bonchev–Trinajstić information content (AvgIpc) is 3.19. The molecule has 1 aromatic carbocycles. The summed E-state index contributed by atoms with van der Waals surface area (Å²) in [7, 11) is 1.16. The number of aromatic hydroxyl groups is 1. The van der Waals surface area contributed by atoms with Crippen molar-refractivity contribution in [2.75, 3.05) is 7.11 Å². The lowest BCUT2D eigenvalue weighted by atomic mass is 9.89. The van der Waals surface area contributed by atoms with Crippen LogP contribution in [0.5, 0.6) is 11.5 Å². The van der Waals surface area contributed by atoms with Crippen LogP contribution in [-0.2, 0) is 11.0 Å². The first-order chi connectivity index (χ1) is 9.74. The normalized spacial score (nSPS) is 16.6. The minimum Gasteiger partial charge on any atom is -0.504 e. The van der Waals surface area contributed by atoms with Crippen LogP contribution in [0.25, 0.3) is 0 Å². The van der Waals surface area contributed by atoms with Crippen LogP contribution >= 0.6 is 0 Å². The Morgan fingerprint density at radius 3 is 2.48 bits per heavy atom. The van der Waals surface area contributed by atoms with E-state index in [4.69, 9.17) is 9.84 Å². The molecule has 0 spiro atoms. The van der Waals surface area contributed by atoms with E-state index in [1.807, 2.05) is 0 Å². The molecule has 4 nitrogen and oxygen atoms in total. The van der Waals surface area contributed by atoms with E-state index in [0.717, 1.165) is 26.0 Å². The summed E-state index contributed by atoms with van der Waals surface area (Å²) in [5.41, 5.74) is -0.963. The van der Waals surface area contributed by atoms with Gasteiger partial charge in [0.05, 0.1) is 13.5 Å². The zero-order valence-electron chi connectivity index (χ0n) is 11.3. The Labute approximate surface area is 119 Å². The molecule has 0 heterocycles. The Morgan fingerprint density at radius 1 is 1.43 bits per heavy atom. The molecule has 1 atom stereocenters. The molecule has 1 unspecified atom stereocenters. The number of halogens is 3. The Kier molecular flexibility index (Phi) is 4.02. The maximum absolute atomic E-state index is 13.0. The summed E-state index contributed by atoms with van der Waals surface area (Å²) in [5, 5.41) is 18.5. The van der Waals surface area contributed by atoms with Crippen molar-refractivity contribution in [3.05, 3.63) is 23.3 Å². The molecule has 0 aromatic heterocycles. The number of hydrogen-bond donors (Lipinski definition) is 2. The smallest absolute Gasteiger partial charge is 0.420 e. The Balaban J connectivity index is 2.49. The summed E-state index contributed by atoms with van der Waals surface area (Å²) in [4.78, 5) is 10.9. The van der Waals surface area contributed by atoms with E-state index in [1.165, 1.54) is 6.07 Å². The number of hydrogen-bond acceptors (Lipinski definition) is 3. The molecule has 116 valence electrons. The zero-order valence-corrected chi connectivity index (χ0v) is 11.3. The van der Waals surface area contributed by atoms with Gasteiger partial charge in [-0.2, -0.15) is 13.2 Å². The second-order valence-corrected chi connectivity index (χ2v) is 5.16. The maximum atomic E-state index is 13.0. The molecule has 1 aliphatic carbocycles. The van der Waals surface area contributed by atoms with Gasteiger partial charge in [0.15, 0.2) is 11.5 Å². The van der Waals surface area contributed by atoms with Crippen LogP contribution < -0.4 is 4.74 Å². The Morgan fingerprint density at radius 2 is 2.05 bits per heavy atom. The third kappa shape index (κ3) is 3.40. The molecule has 0 aliphatic heterocycles. The number of carbonyl (C=O) groups is 1. The lowest BCUT2D eigenvalue weighted by Gasteiger charge is -2.19. The standard InChI is InChI=1S/C14H15F3O4/c1-21-11-5-8(4-10(13(11)20)14(15,16)17)9(6-12(18)19)7-2-3-7/h4-5,7,9,20H,2-3,6H2,1H3,(H,18,19). The molecule has 1 aliphatic rings. The van der Waals surface area contributed by atoms with Gasteiger partial charge in [-0.3, -0.25) is 4.79 Å². The number of methoxy groups -OCH3 is 1. The van der Waals surface area contributed by atoms with Gasteiger partial charge in [0.1, 0.15) is 5.56 Å². The van der Waals surface area contributed by atoms with Gasteiger partial charge in [0.25, 0.3) is 0 Å². The summed E-state index contributed by atoms with van der Waals surface area (Å²) in [6.45, 7) is 0. The summed E-state index contributed by atoms with van der Waals surface area (Å²) in [5.74, 6) is -2.77. The van der Waals surface area contributed by atoms with Crippen molar-refractivity contribution in [1.29, 1.82) is 0 Å². The number of alkyl halides is 3. The number of aliphatic carboxylic acids is 1. The van der Waals surface area contributed by atoms with Gasteiger partial charge in [0, 0.05) is 0 Å². The molecule has 0 saturated heterocycles. The van der Waals surface area contributed by atoms with E-state index >= 15 is 0 Å². The fourth-order valence-corrected chi connectivity index (χ4v) is 2.46. The van der Waals surface area contributed by atoms with Crippen molar-refractivity contribution in [3.63, 3.8) is 0 Å². The first-order valence-corrected chi connectivity index (χ1v) is 6.44. The molecule has 1 saturated carbocycles. The summed E-state index contributed by atoms with van der Waals surface area (Å²) < 4.78 is 43.6. The minimum absolute atomic E-state index is 0.0661. The van der Waals surface area contributed by atoms with Gasteiger partial charge < -0.3 is 14.9 Å². The highest BCUT2D eigenvalue weighted by Crippen LogP contribution is 2.48. The number of ether oxygens (including phenoxy) is 1. The lowest BCUT2D eigenvalue weighted by molar-refractivity contribution is -0.139. The Bertz CT molecular complexity index is 550. The maximum Gasteiger partial charge on any atom is 0.420 e. The van der Waals surface area contributed by atoms with E-state index in [0.29, 0.717) is 0 Å². The number of carboxylic acid groups (broad SMARTS) is 1. The minimum atomic E-state index is -4.73. The second-order valence-electron chi connectivity index (χ2n) is 5.16. The monoisotopic (exact) mass is 304 g/mol. The number of benzene rings is 1. The van der Waals surface area contributed by atoms with E-state index < -0.39 is 29.4 Å². The van der Waals surface area contributed by atoms with Crippen LogP contribution in [-0.4, -0.2) is 23.3 Å². The second kappa shape index (κ2) is 5.46. The fourth-order valence-electron chi connectivity index (χ4n) is 2.46. The van der Waals surface area contributed by atoms with Crippen molar-refractivity contribution < 1.29 is 32.9 Å². The topological polar surface area (TPSA) is 66.8 Å². The molecule has 2 N–H and O–H groups in total. The highest BCUT2D eigenvalue weighted by atomic mass is 19.4. The molecule has 0 bridgehead atoms. The largest absolute Gasteiger partial charge is 0.504 e. The molecule has 0 radical (unpaired) electrons. The van der Waals surface area contributed by atoms with E-state index in [-0.39, 0.29) is 23.7 Å². The van der Waals surface area contributed by atoms with Gasteiger partial charge >= 0.3 is 12.1 Å². The summed E-state index contributed by atoms with van der Waals surface area (Å²) in [6, 6.07) is 2.11. The van der Waals surface area contributed by atoms with Gasteiger partial charge in [-0.15, -0.1) is 0 Å². The number of carboxylic acids is 1. The predicted octanol–water partition coefficient (Wildman–Crippen LogP) is 3.39. The van der Waals surface area contributed by atoms with Crippen LogP contribution in [0.3, 0.4) is 0 Å². The van der Waals surface area contributed by atoms with Gasteiger partial charge in [-0.25, -0.2) is 0 Å². The molecular weight excluding hydrogens is 289 g/mol. The zero-order chi connectivity index (χ0) is 15.8. The van der Waals surface area contributed by atoms with Crippen molar-refractivity contribution in [2.45, 2.75) is 31.4 Å². The van der Waals surface area contributed by atoms with Gasteiger partial charge in [-0.1, -0.05) is 0 Å². The molecular formula is C14H15F3O4. The molecule has 0 amide bonds. The summed E-state index contributed by atoms with van der Waals surface area (Å²) in [6.07, 6.45) is -3.38. The number of phenolic OH excluding ortho intramolecular Hbond substituents is 1.